The van der Waals surface area contributed by atoms with E-state index in [0.29, 0.717) is 0 Å². The van der Waals surface area contributed by atoms with Crippen LogP contribution in [0.15, 0.2) is 23.4 Å². The van der Waals surface area contributed by atoms with E-state index < -0.39 is 0 Å². The van der Waals surface area contributed by atoms with Crippen molar-refractivity contribution in [1.82, 2.24) is 9.55 Å². The van der Waals surface area contributed by atoms with Gasteiger partial charge in [-0.25, -0.2) is 4.98 Å². The van der Waals surface area contributed by atoms with Crippen LogP contribution in [0, 0.1) is 6.92 Å². The van der Waals surface area contributed by atoms with Gasteiger partial charge in [-0.15, -0.1) is 0 Å². The predicted octanol–water partition coefficient (Wildman–Crippen LogP) is 2.32. The zero-order chi connectivity index (χ0) is 11.5. The van der Waals surface area contributed by atoms with Crippen LogP contribution in [0.2, 0.25) is 0 Å². The van der Waals surface area contributed by atoms with Gasteiger partial charge in [-0.1, -0.05) is 17.8 Å². The molecule has 0 aliphatic carbocycles. The molecule has 0 amide bonds. The number of hydrogen-bond donors (Lipinski definition) is 1. The third-order valence-corrected chi connectivity index (χ3v) is 3.69. The van der Waals surface area contributed by atoms with E-state index in [1.165, 1.54) is 11.1 Å². The molecule has 16 heavy (non-hydrogen) atoms. The Kier molecular flexibility index (Phi) is 3.51. The van der Waals surface area contributed by atoms with E-state index in [1.54, 1.807) is 11.8 Å². The molecule has 0 spiro atoms. The summed E-state index contributed by atoms with van der Waals surface area (Å²) in [5.74, 6) is 1.03. The van der Waals surface area contributed by atoms with E-state index in [9.17, 15) is 0 Å². The molecule has 0 fully saturated rings. The van der Waals surface area contributed by atoms with Gasteiger partial charge in [0.05, 0.1) is 11.0 Å². The average Bonchev–Trinajstić information content (AvgIpc) is 2.56. The number of imidazole rings is 1. The van der Waals surface area contributed by atoms with Crippen molar-refractivity contribution in [3.05, 3.63) is 23.8 Å². The molecule has 0 atom stereocenters. The van der Waals surface area contributed by atoms with Crippen LogP contribution in [0.4, 0.5) is 0 Å². The second-order valence-corrected chi connectivity index (χ2v) is 5.00. The molecule has 1 heterocycles. The van der Waals surface area contributed by atoms with Crippen LogP contribution < -0.4 is 5.73 Å². The number of aromatic nitrogens is 2. The summed E-state index contributed by atoms with van der Waals surface area (Å²) in [6.45, 7) is 2.84. The quantitative estimate of drug-likeness (QED) is 0.653. The first-order valence-corrected chi connectivity index (χ1v) is 6.47. The molecule has 1 aromatic heterocycles. The summed E-state index contributed by atoms with van der Waals surface area (Å²) in [5.41, 5.74) is 9.02. The molecule has 0 aliphatic rings. The highest BCUT2D eigenvalue weighted by Crippen LogP contribution is 2.23. The first-order valence-electron chi connectivity index (χ1n) is 5.48. The van der Waals surface area contributed by atoms with Crippen LogP contribution in [-0.4, -0.2) is 21.8 Å². The number of hydrogen-bond acceptors (Lipinski definition) is 3. The molecule has 0 saturated carbocycles. The lowest BCUT2D eigenvalue weighted by Crippen LogP contribution is -2.00. The van der Waals surface area contributed by atoms with Crippen molar-refractivity contribution in [2.24, 2.45) is 12.8 Å². The van der Waals surface area contributed by atoms with E-state index in [1.807, 2.05) is 0 Å². The van der Waals surface area contributed by atoms with Gasteiger partial charge in [-0.2, -0.15) is 0 Å². The Morgan fingerprint density at radius 1 is 1.44 bits per heavy atom. The van der Waals surface area contributed by atoms with Crippen molar-refractivity contribution in [2.45, 2.75) is 18.5 Å². The maximum absolute atomic E-state index is 5.49. The van der Waals surface area contributed by atoms with Crippen LogP contribution in [-0.2, 0) is 7.05 Å². The van der Waals surface area contributed by atoms with Crippen molar-refractivity contribution < 1.29 is 0 Å². The fraction of sp³-hybridized carbons (Fsp3) is 0.417. The second kappa shape index (κ2) is 4.89. The number of thioether (sulfide) groups is 1. The summed E-state index contributed by atoms with van der Waals surface area (Å²) >= 11 is 1.78. The molecule has 0 bridgehead atoms. The SMILES string of the molecule is Cc1ccc2c(c1)nc(SCCCN)n2C. The third-order valence-electron chi connectivity index (χ3n) is 2.57. The van der Waals surface area contributed by atoms with Crippen LogP contribution in [0.25, 0.3) is 11.0 Å². The molecule has 86 valence electrons. The van der Waals surface area contributed by atoms with Gasteiger partial charge in [0.25, 0.3) is 0 Å². The van der Waals surface area contributed by atoms with E-state index in [4.69, 9.17) is 5.73 Å². The molecule has 1 aromatic carbocycles. The Morgan fingerprint density at radius 3 is 3.00 bits per heavy atom. The Bertz CT molecular complexity index is 490. The van der Waals surface area contributed by atoms with Crippen molar-refractivity contribution in [2.75, 3.05) is 12.3 Å². The van der Waals surface area contributed by atoms with Crippen molar-refractivity contribution in [1.29, 1.82) is 0 Å². The number of benzene rings is 1. The summed E-state index contributed by atoms with van der Waals surface area (Å²) in [4.78, 5) is 4.63. The van der Waals surface area contributed by atoms with Crippen molar-refractivity contribution >= 4 is 22.8 Å². The standard InChI is InChI=1S/C12H17N3S/c1-9-4-5-11-10(8-9)14-12(15(11)2)16-7-3-6-13/h4-5,8H,3,6-7,13H2,1-2H3. The molecular formula is C12H17N3S. The summed E-state index contributed by atoms with van der Waals surface area (Å²) in [6.07, 6.45) is 1.03. The van der Waals surface area contributed by atoms with Crippen LogP contribution in [0.1, 0.15) is 12.0 Å². The van der Waals surface area contributed by atoms with Gasteiger partial charge < -0.3 is 10.3 Å². The maximum atomic E-state index is 5.49. The van der Waals surface area contributed by atoms with Crippen molar-refractivity contribution in [3.8, 4) is 0 Å². The molecule has 2 rings (SSSR count). The monoisotopic (exact) mass is 235 g/mol. The van der Waals surface area contributed by atoms with Gasteiger partial charge in [0, 0.05) is 12.8 Å². The largest absolute Gasteiger partial charge is 0.330 e. The third kappa shape index (κ3) is 2.23. The smallest absolute Gasteiger partial charge is 0.168 e. The Balaban J connectivity index is 2.29. The minimum absolute atomic E-state index is 0.746. The number of rotatable bonds is 4. The first-order chi connectivity index (χ1) is 7.72. The van der Waals surface area contributed by atoms with Gasteiger partial charge in [-0.05, 0) is 37.6 Å². The van der Waals surface area contributed by atoms with E-state index >= 15 is 0 Å². The Morgan fingerprint density at radius 2 is 2.25 bits per heavy atom. The minimum Gasteiger partial charge on any atom is -0.330 e. The van der Waals surface area contributed by atoms with E-state index in [2.05, 4.69) is 41.7 Å². The normalized spacial score (nSPS) is 11.2. The molecule has 0 unspecified atom stereocenters. The molecule has 4 heteroatoms. The molecular weight excluding hydrogens is 218 g/mol. The lowest BCUT2D eigenvalue weighted by molar-refractivity contribution is 0.812. The molecule has 0 saturated heterocycles. The van der Waals surface area contributed by atoms with Gasteiger partial charge in [0.2, 0.25) is 0 Å². The second-order valence-electron chi connectivity index (χ2n) is 3.94. The van der Waals surface area contributed by atoms with Crippen LogP contribution >= 0.6 is 11.8 Å². The molecule has 2 aromatic rings. The van der Waals surface area contributed by atoms with Crippen LogP contribution in [0.3, 0.4) is 0 Å². The topological polar surface area (TPSA) is 43.8 Å². The molecule has 3 nitrogen and oxygen atoms in total. The number of aryl methyl sites for hydroxylation is 2. The number of fused-ring (bicyclic) bond motifs is 1. The molecule has 0 radical (unpaired) electrons. The summed E-state index contributed by atoms with van der Waals surface area (Å²) in [5, 5.41) is 1.08. The van der Waals surface area contributed by atoms with Gasteiger partial charge >= 0.3 is 0 Å². The maximum Gasteiger partial charge on any atom is 0.168 e. The van der Waals surface area contributed by atoms with Crippen LogP contribution in [0.5, 0.6) is 0 Å². The van der Waals surface area contributed by atoms with E-state index in [0.717, 1.165) is 29.4 Å². The van der Waals surface area contributed by atoms with Gasteiger partial charge in [0.1, 0.15) is 0 Å². The molecule has 2 N–H and O–H groups in total. The Hall–Kier alpha value is -1.00. The minimum atomic E-state index is 0.746. The predicted molar refractivity (Wildman–Crippen MR) is 69.8 cm³/mol. The molecule has 0 aliphatic heterocycles. The highest BCUT2D eigenvalue weighted by atomic mass is 32.2. The number of nitrogens with zero attached hydrogens (tertiary/aromatic N) is 2. The zero-order valence-corrected chi connectivity index (χ0v) is 10.5. The average molecular weight is 235 g/mol. The first kappa shape index (κ1) is 11.5. The highest BCUT2D eigenvalue weighted by molar-refractivity contribution is 7.99. The fourth-order valence-electron chi connectivity index (χ4n) is 1.66. The van der Waals surface area contributed by atoms with Gasteiger partial charge in [0.15, 0.2) is 5.16 Å². The zero-order valence-electron chi connectivity index (χ0n) is 9.73. The van der Waals surface area contributed by atoms with E-state index in [-0.39, 0.29) is 0 Å². The lowest BCUT2D eigenvalue weighted by Gasteiger charge is -2.00. The Labute approximate surface area is 100 Å². The van der Waals surface area contributed by atoms with Crippen molar-refractivity contribution in [3.63, 3.8) is 0 Å². The summed E-state index contributed by atoms with van der Waals surface area (Å²) < 4.78 is 2.15. The summed E-state index contributed by atoms with van der Waals surface area (Å²) in [6, 6.07) is 6.38. The highest BCUT2D eigenvalue weighted by Gasteiger charge is 2.07. The van der Waals surface area contributed by atoms with Gasteiger partial charge in [-0.3, -0.25) is 0 Å². The lowest BCUT2D eigenvalue weighted by atomic mass is 10.2. The number of nitrogens with two attached hydrogens (primary N) is 1. The fourth-order valence-corrected chi connectivity index (χ4v) is 2.61. The summed E-state index contributed by atoms with van der Waals surface area (Å²) in [7, 11) is 2.06.